The minimum Gasteiger partial charge on any atom is -0.444 e. The molecule has 2 aromatic rings. The first-order chi connectivity index (χ1) is 15.3. The van der Waals surface area contributed by atoms with Gasteiger partial charge in [-0.05, 0) is 64.9 Å². The molecule has 0 aromatic carbocycles. The molecule has 3 aliphatic rings. The summed E-state index contributed by atoms with van der Waals surface area (Å²) in [6.45, 7) is 11.5. The lowest BCUT2D eigenvalue weighted by Gasteiger charge is -2.41. The SMILES string of the molecule is C[C@H]1CN(C(=O)OC(C)(C)C)CCN1c1ncnc2c1c(C1CC1)cn2C1CCOCC1. The van der Waals surface area contributed by atoms with Crippen LogP contribution in [-0.2, 0) is 9.47 Å². The van der Waals surface area contributed by atoms with E-state index < -0.39 is 5.60 Å². The van der Waals surface area contributed by atoms with Crippen LogP contribution in [0.3, 0.4) is 0 Å². The molecule has 0 bridgehead atoms. The van der Waals surface area contributed by atoms with Crippen molar-refractivity contribution < 1.29 is 14.3 Å². The first-order valence-corrected chi connectivity index (χ1v) is 12.0. The number of fused-ring (bicyclic) bond motifs is 1. The van der Waals surface area contributed by atoms with Gasteiger partial charge in [0.25, 0.3) is 0 Å². The summed E-state index contributed by atoms with van der Waals surface area (Å²) in [5, 5.41) is 1.21. The Hall–Kier alpha value is -2.35. The molecule has 1 atom stereocenters. The van der Waals surface area contributed by atoms with Crippen LogP contribution in [0.5, 0.6) is 0 Å². The largest absolute Gasteiger partial charge is 0.444 e. The van der Waals surface area contributed by atoms with Gasteiger partial charge in [-0.25, -0.2) is 14.8 Å². The van der Waals surface area contributed by atoms with E-state index in [9.17, 15) is 4.79 Å². The maximum Gasteiger partial charge on any atom is 0.410 e. The third-order valence-electron chi connectivity index (χ3n) is 6.77. The van der Waals surface area contributed by atoms with Gasteiger partial charge in [-0.1, -0.05) is 0 Å². The zero-order chi connectivity index (χ0) is 22.5. The quantitative estimate of drug-likeness (QED) is 0.714. The Labute approximate surface area is 189 Å². The highest BCUT2D eigenvalue weighted by Crippen LogP contribution is 2.47. The van der Waals surface area contributed by atoms with Crippen LogP contribution in [-0.4, -0.2) is 70.0 Å². The molecular formula is C24H35N5O3. The van der Waals surface area contributed by atoms with Crippen LogP contribution in [0, 0.1) is 0 Å². The van der Waals surface area contributed by atoms with Crippen molar-refractivity contribution in [2.24, 2.45) is 0 Å². The molecule has 32 heavy (non-hydrogen) atoms. The normalized spacial score (nSPS) is 23.1. The van der Waals surface area contributed by atoms with Crippen LogP contribution in [0.4, 0.5) is 10.6 Å². The summed E-state index contributed by atoms with van der Waals surface area (Å²) in [4.78, 5) is 26.3. The summed E-state index contributed by atoms with van der Waals surface area (Å²) >= 11 is 0. The minimum atomic E-state index is -0.484. The van der Waals surface area contributed by atoms with E-state index in [2.05, 4.69) is 22.6 Å². The average molecular weight is 442 g/mol. The number of rotatable bonds is 3. The van der Waals surface area contributed by atoms with E-state index in [0.29, 0.717) is 25.0 Å². The van der Waals surface area contributed by atoms with E-state index in [0.717, 1.165) is 44.1 Å². The van der Waals surface area contributed by atoms with Gasteiger partial charge in [0, 0.05) is 51.1 Å². The fraction of sp³-hybridized carbons (Fsp3) is 0.708. The Balaban J connectivity index is 1.44. The number of hydrogen-bond donors (Lipinski definition) is 0. The summed E-state index contributed by atoms with van der Waals surface area (Å²) in [7, 11) is 0. The van der Waals surface area contributed by atoms with Crippen molar-refractivity contribution in [3.63, 3.8) is 0 Å². The third kappa shape index (κ3) is 4.17. The summed E-state index contributed by atoms with van der Waals surface area (Å²) in [6, 6.07) is 0.579. The lowest BCUT2D eigenvalue weighted by atomic mass is 10.1. The molecule has 0 N–H and O–H groups in total. The summed E-state index contributed by atoms with van der Waals surface area (Å²) < 4.78 is 13.6. The minimum absolute atomic E-state index is 0.146. The molecular weight excluding hydrogens is 406 g/mol. The lowest BCUT2D eigenvalue weighted by molar-refractivity contribution is 0.0218. The van der Waals surface area contributed by atoms with E-state index in [1.807, 2.05) is 25.7 Å². The van der Waals surface area contributed by atoms with Crippen molar-refractivity contribution in [1.82, 2.24) is 19.4 Å². The van der Waals surface area contributed by atoms with Gasteiger partial charge < -0.3 is 23.8 Å². The fourth-order valence-corrected chi connectivity index (χ4v) is 5.02. The van der Waals surface area contributed by atoms with Gasteiger partial charge in [0.1, 0.15) is 23.4 Å². The van der Waals surface area contributed by atoms with Crippen LogP contribution in [0.2, 0.25) is 0 Å². The second-order valence-electron chi connectivity index (χ2n) is 10.5. The maximum absolute atomic E-state index is 12.6. The number of amides is 1. The highest BCUT2D eigenvalue weighted by atomic mass is 16.6. The number of anilines is 1. The number of piperazine rings is 1. The highest BCUT2D eigenvalue weighted by Gasteiger charge is 2.35. The first kappa shape index (κ1) is 21.5. The molecule has 1 saturated carbocycles. The van der Waals surface area contributed by atoms with Crippen LogP contribution in [0.15, 0.2) is 12.5 Å². The molecule has 3 fully saturated rings. The van der Waals surface area contributed by atoms with Gasteiger partial charge >= 0.3 is 6.09 Å². The zero-order valence-corrected chi connectivity index (χ0v) is 19.7. The lowest BCUT2D eigenvalue weighted by Crippen LogP contribution is -2.54. The Morgan fingerprint density at radius 2 is 1.88 bits per heavy atom. The van der Waals surface area contributed by atoms with Gasteiger partial charge in [0.05, 0.1) is 5.39 Å². The Morgan fingerprint density at radius 1 is 1.12 bits per heavy atom. The summed E-state index contributed by atoms with van der Waals surface area (Å²) in [6.07, 6.45) is 8.35. The molecule has 2 aromatic heterocycles. The number of carbonyl (C=O) groups excluding carboxylic acids is 1. The molecule has 2 saturated heterocycles. The topological polar surface area (TPSA) is 72.7 Å². The monoisotopic (exact) mass is 441 g/mol. The first-order valence-electron chi connectivity index (χ1n) is 12.0. The fourth-order valence-electron chi connectivity index (χ4n) is 5.02. The number of ether oxygens (including phenoxy) is 2. The Kier molecular flexibility index (Phi) is 5.51. The van der Waals surface area contributed by atoms with Crippen LogP contribution >= 0.6 is 0 Å². The van der Waals surface area contributed by atoms with Crippen molar-refractivity contribution in [2.45, 2.75) is 77.0 Å². The second kappa shape index (κ2) is 8.21. The number of aromatic nitrogens is 3. The van der Waals surface area contributed by atoms with E-state index >= 15 is 0 Å². The molecule has 2 aliphatic heterocycles. The highest BCUT2D eigenvalue weighted by molar-refractivity contribution is 5.92. The Morgan fingerprint density at radius 3 is 2.53 bits per heavy atom. The van der Waals surface area contributed by atoms with Crippen LogP contribution in [0.25, 0.3) is 11.0 Å². The molecule has 0 spiro atoms. The molecule has 1 amide bonds. The molecule has 8 heteroatoms. The van der Waals surface area contributed by atoms with Crippen molar-refractivity contribution in [3.05, 3.63) is 18.1 Å². The standard InChI is InChI=1S/C24H35N5O3/c1-16-13-27(23(30)32-24(2,3)4)9-10-28(16)21-20-19(17-5-6-17)14-29(22(20)26-15-25-21)18-7-11-31-12-8-18/h14-18H,5-13H2,1-4H3/t16-/m0/s1. The van der Waals surface area contributed by atoms with Gasteiger partial charge in [-0.3, -0.25) is 0 Å². The molecule has 174 valence electrons. The molecule has 4 heterocycles. The van der Waals surface area contributed by atoms with Crippen LogP contribution < -0.4 is 4.90 Å². The smallest absolute Gasteiger partial charge is 0.410 e. The van der Waals surface area contributed by atoms with Gasteiger partial charge in [0.2, 0.25) is 0 Å². The molecule has 1 aliphatic carbocycles. The van der Waals surface area contributed by atoms with E-state index in [1.54, 1.807) is 6.33 Å². The van der Waals surface area contributed by atoms with E-state index in [-0.39, 0.29) is 12.1 Å². The number of carbonyl (C=O) groups is 1. The molecule has 5 rings (SSSR count). The average Bonchev–Trinajstić information content (AvgIpc) is 3.53. The predicted molar refractivity (Wildman–Crippen MR) is 123 cm³/mol. The van der Waals surface area contributed by atoms with Crippen molar-refractivity contribution in [3.8, 4) is 0 Å². The van der Waals surface area contributed by atoms with Crippen molar-refractivity contribution in [2.75, 3.05) is 37.7 Å². The van der Waals surface area contributed by atoms with Crippen LogP contribution in [0.1, 0.15) is 70.9 Å². The van der Waals surface area contributed by atoms with Gasteiger partial charge in [-0.2, -0.15) is 0 Å². The van der Waals surface area contributed by atoms with Gasteiger partial charge in [-0.15, -0.1) is 0 Å². The summed E-state index contributed by atoms with van der Waals surface area (Å²) in [5.41, 5.74) is 1.96. The maximum atomic E-state index is 12.6. The molecule has 0 radical (unpaired) electrons. The van der Waals surface area contributed by atoms with E-state index in [4.69, 9.17) is 19.4 Å². The van der Waals surface area contributed by atoms with E-state index in [1.165, 1.54) is 23.8 Å². The second-order valence-corrected chi connectivity index (χ2v) is 10.5. The van der Waals surface area contributed by atoms with Crippen molar-refractivity contribution in [1.29, 1.82) is 0 Å². The Bertz CT molecular complexity index is 987. The molecule has 0 unspecified atom stereocenters. The van der Waals surface area contributed by atoms with Gasteiger partial charge in [0.15, 0.2) is 0 Å². The van der Waals surface area contributed by atoms with Crippen molar-refractivity contribution >= 4 is 22.9 Å². The molecule has 8 nitrogen and oxygen atoms in total. The predicted octanol–water partition coefficient (Wildman–Crippen LogP) is 4.11. The zero-order valence-electron chi connectivity index (χ0n) is 19.7. The third-order valence-corrected chi connectivity index (χ3v) is 6.77. The number of hydrogen-bond acceptors (Lipinski definition) is 6. The number of nitrogens with zero attached hydrogens (tertiary/aromatic N) is 5. The summed E-state index contributed by atoms with van der Waals surface area (Å²) in [5.74, 6) is 1.63.